The second kappa shape index (κ2) is 6.31. The first kappa shape index (κ1) is 16.6. The Kier molecular flexibility index (Phi) is 4.97. The van der Waals surface area contributed by atoms with Gasteiger partial charge < -0.3 is 14.9 Å². The summed E-state index contributed by atoms with van der Waals surface area (Å²) in [7, 11) is -4.28. The van der Waals surface area contributed by atoms with Gasteiger partial charge in [0.1, 0.15) is 11.3 Å². The third-order valence-corrected chi connectivity index (χ3v) is 2.98. The van der Waals surface area contributed by atoms with E-state index >= 15 is 0 Å². The minimum atomic E-state index is -4.28. The molecule has 21 heavy (non-hydrogen) atoms. The highest BCUT2D eigenvalue weighted by Crippen LogP contribution is 2.21. The van der Waals surface area contributed by atoms with Crippen molar-refractivity contribution in [2.45, 2.75) is 20.0 Å². The van der Waals surface area contributed by atoms with Crippen molar-refractivity contribution in [3.8, 4) is 5.75 Å². The predicted octanol–water partition coefficient (Wildman–Crippen LogP) is 0.882. The molecular weight excluding hydrogens is 304 g/mol. The fourth-order valence-electron chi connectivity index (χ4n) is 1.30. The van der Waals surface area contributed by atoms with Gasteiger partial charge in [-0.25, -0.2) is 14.3 Å². The van der Waals surface area contributed by atoms with Gasteiger partial charge in [-0.1, -0.05) is 0 Å². The number of amides is 1. The Morgan fingerprint density at radius 3 is 2.43 bits per heavy atom. The second-order valence-corrected chi connectivity index (χ2v) is 5.61. The van der Waals surface area contributed by atoms with Crippen LogP contribution in [-0.2, 0) is 14.9 Å². The van der Waals surface area contributed by atoms with Crippen molar-refractivity contribution >= 4 is 28.0 Å². The molecule has 1 aromatic carbocycles. The van der Waals surface area contributed by atoms with E-state index in [-0.39, 0.29) is 5.69 Å². The third kappa shape index (κ3) is 5.18. The number of carboxylic acid groups (broad SMARTS) is 1. The van der Waals surface area contributed by atoms with E-state index in [4.69, 9.17) is 5.11 Å². The molecule has 0 aliphatic rings. The number of aromatic hydroxyl groups is 1. The SMILES string of the molecule is CC(C)OC(=O)NS(=O)(=O)Nc1ccc(O)c(C(=O)O)c1. The van der Waals surface area contributed by atoms with Gasteiger partial charge in [-0.2, -0.15) is 8.42 Å². The molecule has 0 spiro atoms. The number of carboxylic acids is 1. The number of ether oxygens (including phenoxy) is 1. The lowest BCUT2D eigenvalue weighted by Gasteiger charge is -2.12. The van der Waals surface area contributed by atoms with Crippen molar-refractivity contribution < 1.29 is 33.0 Å². The second-order valence-electron chi connectivity index (χ2n) is 4.20. The highest BCUT2D eigenvalue weighted by molar-refractivity contribution is 7.91. The van der Waals surface area contributed by atoms with Gasteiger partial charge >= 0.3 is 22.3 Å². The quantitative estimate of drug-likeness (QED) is 0.590. The summed E-state index contributed by atoms with van der Waals surface area (Å²) in [5.74, 6) is -1.95. The number of aromatic carboxylic acids is 1. The molecule has 0 aliphatic heterocycles. The summed E-state index contributed by atoms with van der Waals surface area (Å²) in [6.45, 7) is 3.08. The van der Waals surface area contributed by atoms with Crippen LogP contribution in [-0.4, -0.2) is 36.8 Å². The minimum Gasteiger partial charge on any atom is -0.507 e. The summed E-state index contributed by atoms with van der Waals surface area (Å²) in [5, 5.41) is 18.1. The minimum absolute atomic E-state index is 0.143. The highest BCUT2D eigenvalue weighted by Gasteiger charge is 2.18. The van der Waals surface area contributed by atoms with E-state index < -0.39 is 39.7 Å². The van der Waals surface area contributed by atoms with E-state index in [9.17, 15) is 23.1 Å². The van der Waals surface area contributed by atoms with Crippen molar-refractivity contribution in [1.82, 2.24) is 4.72 Å². The smallest absolute Gasteiger partial charge is 0.422 e. The summed E-state index contributed by atoms with van der Waals surface area (Å²) in [6, 6.07) is 3.05. The summed E-state index contributed by atoms with van der Waals surface area (Å²) in [5.41, 5.74) is -0.630. The molecule has 1 rings (SSSR count). The molecule has 0 radical (unpaired) electrons. The van der Waals surface area contributed by atoms with Crippen LogP contribution >= 0.6 is 0 Å². The number of anilines is 1. The van der Waals surface area contributed by atoms with Crippen molar-refractivity contribution in [1.29, 1.82) is 0 Å². The number of phenols is 1. The van der Waals surface area contributed by atoms with E-state index in [0.29, 0.717) is 0 Å². The Morgan fingerprint density at radius 2 is 1.90 bits per heavy atom. The maximum Gasteiger partial charge on any atom is 0.422 e. The summed E-state index contributed by atoms with van der Waals surface area (Å²) >= 11 is 0. The van der Waals surface area contributed by atoms with Crippen LogP contribution in [0.4, 0.5) is 10.5 Å². The monoisotopic (exact) mass is 318 g/mol. The van der Waals surface area contributed by atoms with Crippen molar-refractivity contribution in [3.63, 3.8) is 0 Å². The van der Waals surface area contributed by atoms with Crippen molar-refractivity contribution in [2.75, 3.05) is 4.72 Å². The number of benzene rings is 1. The zero-order chi connectivity index (χ0) is 16.2. The molecule has 10 heteroatoms. The Hall–Kier alpha value is -2.49. The van der Waals surface area contributed by atoms with Gasteiger partial charge in [0.2, 0.25) is 0 Å². The summed E-state index contributed by atoms with van der Waals surface area (Å²) in [6.07, 6.45) is -1.68. The maximum absolute atomic E-state index is 11.6. The largest absolute Gasteiger partial charge is 0.507 e. The van der Waals surface area contributed by atoms with Crippen LogP contribution in [0.15, 0.2) is 18.2 Å². The first-order valence-electron chi connectivity index (χ1n) is 5.68. The van der Waals surface area contributed by atoms with Crippen molar-refractivity contribution in [2.24, 2.45) is 0 Å². The van der Waals surface area contributed by atoms with Gasteiger partial charge in [0.15, 0.2) is 0 Å². The van der Waals surface area contributed by atoms with E-state index in [2.05, 4.69) is 4.74 Å². The molecule has 0 saturated heterocycles. The molecule has 9 nitrogen and oxygen atoms in total. The number of hydrogen-bond acceptors (Lipinski definition) is 6. The molecule has 0 aromatic heterocycles. The average molecular weight is 318 g/mol. The van der Waals surface area contributed by atoms with Crippen LogP contribution < -0.4 is 9.44 Å². The molecule has 116 valence electrons. The lowest BCUT2D eigenvalue weighted by atomic mass is 10.2. The number of carbonyl (C=O) groups is 2. The number of nitrogens with one attached hydrogen (secondary N) is 2. The first-order valence-corrected chi connectivity index (χ1v) is 7.16. The Bertz CT molecular complexity index is 655. The van der Waals surface area contributed by atoms with E-state index in [0.717, 1.165) is 18.2 Å². The van der Waals surface area contributed by atoms with Crippen LogP contribution in [0.25, 0.3) is 0 Å². The molecular formula is C11H14N2O7S. The zero-order valence-corrected chi connectivity index (χ0v) is 12.0. The van der Waals surface area contributed by atoms with Crippen LogP contribution in [0.3, 0.4) is 0 Å². The normalized spacial score (nSPS) is 11.0. The number of carbonyl (C=O) groups excluding carboxylic acids is 1. The van der Waals surface area contributed by atoms with Gasteiger partial charge in [0.25, 0.3) is 0 Å². The van der Waals surface area contributed by atoms with Gasteiger partial charge in [-0.15, -0.1) is 0 Å². The Morgan fingerprint density at radius 1 is 1.29 bits per heavy atom. The van der Waals surface area contributed by atoms with Gasteiger partial charge in [0.05, 0.1) is 11.8 Å². The van der Waals surface area contributed by atoms with E-state index in [1.54, 1.807) is 18.6 Å². The lowest BCUT2D eigenvalue weighted by Crippen LogP contribution is -2.36. The standard InChI is InChI=1S/C11H14N2O7S/c1-6(2)20-11(17)13-21(18,19)12-7-3-4-9(14)8(5-7)10(15)16/h3-6,12,14H,1-2H3,(H,13,17)(H,15,16). The molecule has 0 aliphatic carbocycles. The number of hydrogen-bond donors (Lipinski definition) is 4. The van der Waals surface area contributed by atoms with E-state index in [1.807, 2.05) is 4.72 Å². The van der Waals surface area contributed by atoms with E-state index in [1.165, 1.54) is 0 Å². The molecule has 4 N–H and O–H groups in total. The molecule has 0 unspecified atom stereocenters. The lowest BCUT2D eigenvalue weighted by molar-refractivity contribution is 0.0693. The van der Waals surface area contributed by atoms with Crippen LogP contribution in [0.2, 0.25) is 0 Å². The molecule has 0 atom stereocenters. The molecule has 0 bridgehead atoms. The average Bonchev–Trinajstić information content (AvgIpc) is 2.28. The third-order valence-electron chi connectivity index (χ3n) is 2.04. The molecule has 0 saturated carbocycles. The highest BCUT2D eigenvalue weighted by atomic mass is 32.2. The van der Waals surface area contributed by atoms with Crippen LogP contribution in [0, 0.1) is 0 Å². The molecule has 0 heterocycles. The Balaban J connectivity index is 2.87. The van der Waals surface area contributed by atoms with Crippen LogP contribution in [0.1, 0.15) is 24.2 Å². The van der Waals surface area contributed by atoms with Gasteiger partial charge in [-0.3, -0.25) is 4.72 Å². The summed E-state index contributed by atoms with van der Waals surface area (Å²) in [4.78, 5) is 22.0. The van der Waals surface area contributed by atoms with Gasteiger partial charge in [-0.05, 0) is 32.0 Å². The topological polar surface area (TPSA) is 142 Å². The van der Waals surface area contributed by atoms with Crippen molar-refractivity contribution in [3.05, 3.63) is 23.8 Å². The molecule has 0 fully saturated rings. The fraction of sp³-hybridized carbons (Fsp3) is 0.273. The van der Waals surface area contributed by atoms with Crippen LogP contribution in [0.5, 0.6) is 5.75 Å². The first-order chi connectivity index (χ1) is 9.60. The zero-order valence-electron chi connectivity index (χ0n) is 11.2. The summed E-state index contributed by atoms with van der Waals surface area (Å²) < 4.78 is 31.4. The fourth-order valence-corrected chi connectivity index (χ4v) is 2.06. The van der Waals surface area contributed by atoms with Gasteiger partial charge in [0, 0.05) is 0 Å². The molecule has 1 amide bonds. The molecule has 1 aromatic rings. The maximum atomic E-state index is 11.6. The number of rotatable bonds is 5. The predicted molar refractivity (Wildman–Crippen MR) is 72.4 cm³/mol. The Labute approximate surface area is 120 Å².